The van der Waals surface area contributed by atoms with Crippen LogP contribution < -0.4 is 4.90 Å². The number of aromatic nitrogens is 3. The molecule has 0 amide bonds. The molecule has 6 heteroatoms. The van der Waals surface area contributed by atoms with E-state index in [4.69, 9.17) is 12.2 Å². The quantitative estimate of drug-likeness (QED) is 0.814. The van der Waals surface area contributed by atoms with E-state index in [2.05, 4.69) is 39.9 Å². The Balaban J connectivity index is 2.26. The van der Waals surface area contributed by atoms with Gasteiger partial charge in [-0.15, -0.1) is 5.10 Å². The van der Waals surface area contributed by atoms with Crippen molar-refractivity contribution in [3.63, 3.8) is 0 Å². The molecular weight excluding hydrogens is 276 g/mol. The van der Waals surface area contributed by atoms with Crippen LogP contribution in [-0.2, 0) is 0 Å². The molecule has 1 aliphatic rings. The summed E-state index contributed by atoms with van der Waals surface area (Å²) in [6, 6.07) is 1.05. The van der Waals surface area contributed by atoms with Gasteiger partial charge in [-0.05, 0) is 37.7 Å². The first kappa shape index (κ1) is 14.9. The normalized spacial score (nSPS) is 17.8. The highest BCUT2D eigenvalue weighted by molar-refractivity contribution is 7.98. The van der Waals surface area contributed by atoms with E-state index in [1.807, 2.05) is 11.8 Å². The average molecular weight is 300 g/mol. The van der Waals surface area contributed by atoms with E-state index in [0.29, 0.717) is 12.1 Å². The molecule has 1 aliphatic carbocycles. The highest BCUT2D eigenvalue weighted by Crippen LogP contribution is 2.33. The second-order valence-electron chi connectivity index (χ2n) is 5.27. The molecule has 0 aliphatic heterocycles. The number of thioether (sulfide) groups is 1. The highest BCUT2D eigenvalue weighted by Gasteiger charge is 2.25. The van der Waals surface area contributed by atoms with Gasteiger partial charge in [0.15, 0.2) is 4.77 Å². The van der Waals surface area contributed by atoms with E-state index in [1.54, 1.807) is 0 Å². The lowest BCUT2D eigenvalue weighted by Gasteiger charge is -2.29. The lowest BCUT2D eigenvalue weighted by Crippen LogP contribution is -2.35. The molecule has 19 heavy (non-hydrogen) atoms. The second kappa shape index (κ2) is 6.79. The van der Waals surface area contributed by atoms with Gasteiger partial charge < -0.3 is 4.90 Å². The Hall–Kier alpha value is -0.490. The monoisotopic (exact) mass is 300 g/mol. The van der Waals surface area contributed by atoms with Crippen molar-refractivity contribution < 1.29 is 0 Å². The molecule has 0 bridgehead atoms. The molecule has 0 aromatic carbocycles. The lowest BCUT2D eigenvalue weighted by atomic mass is 10.2. The Kier molecular flexibility index (Phi) is 5.33. The zero-order chi connectivity index (χ0) is 13.8. The molecule has 4 nitrogen and oxygen atoms in total. The predicted octanol–water partition coefficient (Wildman–Crippen LogP) is 3.63. The molecule has 1 unspecified atom stereocenters. The molecule has 1 N–H and O–H groups in total. The van der Waals surface area contributed by atoms with Gasteiger partial charge in [-0.3, -0.25) is 4.57 Å². The zero-order valence-corrected chi connectivity index (χ0v) is 13.7. The second-order valence-corrected chi connectivity index (χ2v) is 6.56. The van der Waals surface area contributed by atoms with Gasteiger partial charge in [-0.1, -0.05) is 19.8 Å². The molecule has 2 rings (SSSR count). The van der Waals surface area contributed by atoms with Crippen LogP contribution in [-0.4, -0.2) is 39.9 Å². The Morgan fingerprint density at radius 1 is 1.53 bits per heavy atom. The van der Waals surface area contributed by atoms with Crippen molar-refractivity contribution in [2.45, 2.75) is 51.1 Å². The van der Waals surface area contributed by atoms with E-state index in [9.17, 15) is 0 Å². The predicted molar refractivity (Wildman–Crippen MR) is 85.8 cm³/mol. The summed E-state index contributed by atoms with van der Waals surface area (Å²) >= 11 is 7.32. The van der Waals surface area contributed by atoms with E-state index < -0.39 is 0 Å². The van der Waals surface area contributed by atoms with Crippen molar-refractivity contribution in [1.82, 2.24) is 14.8 Å². The van der Waals surface area contributed by atoms with Crippen LogP contribution in [0, 0.1) is 4.77 Å². The summed E-state index contributed by atoms with van der Waals surface area (Å²) in [7, 11) is 2.14. The first-order valence-electron chi connectivity index (χ1n) is 7.07. The largest absolute Gasteiger partial charge is 0.340 e. The molecule has 0 saturated heterocycles. The summed E-state index contributed by atoms with van der Waals surface area (Å²) in [6.07, 6.45) is 8.36. The van der Waals surface area contributed by atoms with Crippen LogP contribution in [0.4, 0.5) is 5.95 Å². The fourth-order valence-electron chi connectivity index (χ4n) is 2.90. The van der Waals surface area contributed by atoms with Gasteiger partial charge >= 0.3 is 0 Å². The minimum absolute atomic E-state index is 0.514. The molecule has 1 aromatic rings. The lowest BCUT2D eigenvalue weighted by molar-refractivity contribution is 0.501. The summed E-state index contributed by atoms with van der Waals surface area (Å²) in [5.41, 5.74) is 0. The van der Waals surface area contributed by atoms with Crippen molar-refractivity contribution in [2.75, 3.05) is 24.0 Å². The fraction of sp³-hybridized carbons (Fsp3) is 0.846. The third-order valence-electron chi connectivity index (χ3n) is 4.07. The van der Waals surface area contributed by atoms with Crippen molar-refractivity contribution in [3.8, 4) is 0 Å². The van der Waals surface area contributed by atoms with E-state index in [0.717, 1.165) is 22.9 Å². The number of nitrogens with zero attached hydrogens (tertiary/aromatic N) is 3. The Labute approximate surface area is 125 Å². The summed E-state index contributed by atoms with van der Waals surface area (Å²) in [4.78, 5) is 2.29. The topological polar surface area (TPSA) is 36.9 Å². The summed E-state index contributed by atoms with van der Waals surface area (Å²) in [6.45, 7) is 2.23. The highest BCUT2D eigenvalue weighted by atomic mass is 32.2. The van der Waals surface area contributed by atoms with Crippen LogP contribution >= 0.6 is 24.0 Å². The maximum absolute atomic E-state index is 5.43. The maximum Gasteiger partial charge on any atom is 0.225 e. The number of hydrogen-bond acceptors (Lipinski definition) is 4. The van der Waals surface area contributed by atoms with E-state index in [1.165, 1.54) is 25.7 Å². The van der Waals surface area contributed by atoms with Gasteiger partial charge in [0.2, 0.25) is 5.95 Å². The van der Waals surface area contributed by atoms with Gasteiger partial charge in [0.25, 0.3) is 0 Å². The Morgan fingerprint density at radius 2 is 2.21 bits per heavy atom. The SMILES string of the molecule is CCC(CSC)N(C)c1n[nH]c(=S)n1C1CCCC1. The molecule has 1 saturated carbocycles. The van der Waals surface area contributed by atoms with Gasteiger partial charge in [-0.2, -0.15) is 11.8 Å². The van der Waals surface area contributed by atoms with Gasteiger partial charge in [0, 0.05) is 24.9 Å². The van der Waals surface area contributed by atoms with Crippen LogP contribution in [0.3, 0.4) is 0 Å². The molecule has 1 heterocycles. The summed E-state index contributed by atoms with van der Waals surface area (Å²) < 4.78 is 3.01. The smallest absolute Gasteiger partial charge is 0.225 e. The Morgan fingerprint density at radius 3 is 2.79 bits per heavy atom. The van der Waals surface area contributed by atoms with Crippen LogP contribution in [0.2, 0.25) is 0 Å². The molecular formula is C13H24N4S2. The molecule has 1 fully saturated rings. The van der Waals surface area contributed by atoms with Crippen LogP contribution in [0.15, 0.2) is 0 Å². The average Bonchev–Trinajstić information content (AvgIpc) is 3.03. The van der Waals surface area contributed by atoms with Crippen molar-refractivity contribution >= 4 is 29.9 Å². The zero-order valence-electron chi connectivity index (χ0n) is 12.1. The first-order valence-corrected chi connectivity index (χ1v) is 8.87. The van der Waals surface area contributed by atoms with Crippen LogP contribution in [0.5, 0.6) is 0 Å². The molecule has 0 spiro atoms. The van der Waals surface area contributed by atoms with Crippen molar-refractivity contribution in [3.05, 3.63) is 4.77 Å². The Bertz CT molecular complexity index is 448. The van der Waals surface area contributed by atoms with Crippen LogP contribution in [0.1, 0.15) is 45.1 Å². The number of aromatic amines is 1. The fourth-order valence-corrected chi connectivity index (χ4v) is 4.02. The maximum atomic E-state index is 5.43. The minimum Gasteiger partial charge on any atom is -0.340 e. The molecule has 0 radical (unpaired) electrons. The molecule has 1 atom stereocenters. The summed E-state index contributed by atoms with van der Waals surface area (Å²) in [5.74, 6) is 2.13. The molecule has 1 aromatic heterocycles. The number of nitrogens with one attached hydrogen (secondary N) is 1. The summed E-state index contributed by atoms with van der Waals surface area (Å²) in [5, 5.41) is 7.46. The third-order valence-corrected chi connectivity index (χ3v) is 5.08. The minimum atomic E-state index is 0.514. The van der Waals surface area contributed by atoms with Gasteiger partial charge in [0.05, 0.1) is 0 Å². The first-order chi connectivity index (χ1) is 9.19. The number of H-pyrrole nitrogens is 1. The standard InChI is InChI=1S/C13H24N4S2/c1-4-10(9-19-3)16(2)12-14-15-13(18)17(12)11-7-5-6-8-11/h10-11H,4-9H2,1-3H3,(H,15,18). The number of rotatable bonds is 6. The van der Waals surface area contributed by atoms with Crippen molar-refractivity contribution in [2.24, 2.45) is 0 Å². The molecule has 108 valence electrons. The van der Waals surface area contributed by atoms with Gasteiger partial charge in [-0.25, -0.2) is 5.10 Å². The van der Waals surface area contributed by atoms with Gasteiger partial charge in [0.1, 0.15) is 0 Å². The van der Waals surface area contributed by atoms with Crippen molar-refractivity contribution in [1.29, 1.82) is 0 Å². The number of anilines is 1. The van der Waals surface area contributed by atoms with E-state index in [-0.39, 0.29) is 0 Å². The van der Waals surface area contributed by atoms with Crippen LogP contribution in [0.25, 0.3) is 0 Å². The third kappa shape index (κ3) is 3.16. The number of hydrogen-bond donors (Lipinski definition) is 1. The van der Waals surface area contributed by atoms with E-state index >= 15 is 0 Å².